The molecule has 1 aliphatic heterocycles. The summed E-state index contributed by atoms with van der Waals surface area (Å²) in [6, 6.07) is 20.5. The lowest BCUT2D eigenvalue weighted by Gasteiger charge is -2.40. The summed E-state index contributed by atoms with van der Waals surface area (Å²) in [5.41, 5.74) is 3.59. The zero-order chi connectivity index (χ0) is 20.4. The lowest BCUT2D eigenvalue weighted by Crippen LogP contribution is -2.43. The monoisotopic (exact) mass is 391 g/mol. The van der Waals surface area contributed by atoms with E-state index in [2.05, 4.69) is 6.92 Å². The molecule has 0 atom stereocenters. The smallest absolute Gasteiger partial charge is 0.253 e. The fraction of sp³-hybridized carbons (Fsp3) is 0.240. The zero-order valence-electron chi connectivity index (χ0n) is 16.4. The molecule has 4 heteroatoms. The van der Waals surface area contributed by atoms with Gasteiger partial charge in [0.05, 0.1) is 0 Å². The lowest BCUT2D eigenvalue weighted by atomic mass is 9.74. The lowest BCUT2D eigenvalue weighted by molar-refractivity contribution is 0.0676. The van der Waals surface area contributed by atoms with Crippen LogP contribution in [0.2, 0.25) is 0 Å². The first-order valence-corrected chi connectivity index (χ1v) is 9.86. The minimum Gasteiger partial charge on any atom is -0.339 e. The minimum absolute atomic E-state index is 0.0248. The van der Waals surface area contributed by atoms with Crippen LogP contribution in [0.25, 0.3) is 11.1 Å². The van der Waals surface area contributed by atoms with Gasteiger partial charge in [0.15, 0.2) is 0 Å². The van der Waals surface area contributed by atoms with E-state index in [4.69, 9.17) is 0 Å². The van der Waals surface area contributed by atoms with Crippen molar-refractivity contribution in [3.05, 3.63) is 95.6 Å². The number of carbonyl (C=O) groups excluding carboxylic acids is 1. The van der Waals surface area contributed by atoms with Crippen LogP contribution in [-0.2, 0) is 5.41 Å². The van der Waals surface area contributed by atoms with Gasteiger partial charge < -0.3 is 4.90 Å². The Bertz CT molecular complexity index is 987. The molecule has 0 spiro atoms. The first kappa shape index (κ1) is 19.3. The molecular weight excluding hydrogens is 368 g/mol. The van der Waals surface area contributed by atoms with Crippen LogP contribution < -0.4 is 0 Å². The van der Waals surface area contributed by atoms with Crippen LogP contribution in [0.3, 0.4) is 0 Å². The fourth-order valence-electron chi connectivity index (χ4n) is 3.97. The van der Waals surface area contributed by atoms with Crippen molar-refractivity contribution in [3.63, 3.8) is 0 Å². The molecule has 1 aliphatic rings. The molecule has 1 saturated heterocycles. The van der Waals surface area contributed by atoms with Crippen LogP contribution in [-0.4, -0.2) is 23.9 Å². The van der Waals surface area contributed by atoms with Gasteiger partial charge in [0, 0.05) is 18.7 Å². The van der Waals surface area contributed by atoms with Gasteiger partial charge in [-0.25, -0.2) is 8.78 Å². The van der Waals surface area contributed by atoms with Crippen LogP contribution in [0.15, 0.2) is 72.8 Å². The summed E-state index contributed by atoms with van der Waals surface area (Å²) in [5.74, 6) is -0.468. The Morgan fingerprint density at radius 2 is 1.21 bits per heavy atom. The van der Waals surface area contributed by atoms with Crippen LogP contribution in [0, 0.1) is 11.6 Å². The molecule has 29 heavy (non-hydrogen) atoms. The number of hydrogen-bond donors (Lipinski definition) is 0. The molecule has 2 nitrogen and oxygen atoms in total. The predicted molar refractivity (Wildman–Crippen MR) is 111 cm³/mol. The van der Waals surface area contributed by atoms with E-state index in [1.54, 1.807) is 12.1 Å². The number of benzene rings is 3. The predicted octanol–water partition coefficient (Wildman–Crippen LogP) is 5.83. The summed E-state index contributed by atoms with van der Waals surface area (Å²) < 4.78 is 26.3. The van der Waals surface area contributed by atoms with Gasteiger partial charge in [0.25, 0.3) is 5.91 Å². The SMILES string of the molecule is CC1(c2ccc(F)cc2)CCN(C(=O)c2ccc(-c3ccc(F)cc3)cc2)CC1. The summed E-state index contributed by atoms with van der Waals surface area (Å²) in [5, 5.41) is 0. The molecule has 3 aromatic carbocycles. The van der Waals surface area contributed by atoms with E-state index in [1.165, 1.54) is 24.3 Å². The first-order chi connectivity index (χ1) is 13.9. The molecule has 4 rings (SSSR count). The van der Waals surface area contributed by atoms with Crippen molar-refractivity contribution >= 4 is 5.91 Å². The third-order valence-corrected chi connectivity index (χ3v) is 6.00. The average Bonchev–Trinajstić information content (AvgIpc) is 2.75. The molecule has 1 heterocycles. The van der Waals surface area contributed by atoms with Gasteiger partial charge in [-0.3, -0.25) is 4.79 Å². The van der Waals surface area contributed by atoms with E-state index >= 15 is 0 Å². The molecule has 148 valence electrons. The third-order valence-electron chi connectivity index (χ3n) is 6.00. The Morgan fingerprint density at radius 3 is 1.72 bits per heavy atom. The van der Waals surface area contributed by atoms with Crippen molar-refractivity contribution in [1.29, 1.82) is 0 Å². The standard InChI is InChI=1S/C25H23F2NO/c1-25(21-8-12-23(27)13-9-21)14-16-28(17-15-25)24(29)20-4-2-18(3-5-20)19-6-10-22(26)11-7-19/h2-13H,14-17H2,1H3. The van der Waals surface area contributed by atoms with E-state index < -0.39 is 0 Å². The maximum absolute atomic E-state index is 13.2. The van der Waals surface area contributed by atoms with E-state index in [0.717, 1.165) is 29.5 Å². The number of likely N-dealkylation sites (tertiary alicyclic amines) is 1. The van der Waals surface area contributed by atoms with Gasteiger partial charge in [-0.15, -0.1) is 0 Å². The summed E-state index contributed by atoms with van der Waals surface area (Å²) in [4.78, 5) is 14.8. The third kappa shape index (κ3) is 4.07. The normalized spacial score (nSPS) is 15.9. The number of piperidine rings is 1. The number of hydrogen-bond acceptors (Lipinski definition) is 1. The minimum atomic E-state index is -0.265. The summed E-state index contributed by atoms with van der Waals surface area (Å²) in [7, 11) is 0. The Morgan fingerprint density at radius 1 is 0.759 bits per heavy atom. The molecule has 1 amide bonds. The van der Waals surface area contributed by atoms with E-state index in [9.17, 15) is 13.6 Å². The Labute approximate surface area is 169 Å². The van der Waals surface area contributed by atoms with Crippen LogP contribution >= 0.6 is 0 Å². The second-order valence-corrected chi connectivity index (χ2v) is 7.94. The molecule has 0 bridgehead atoms. The Balaban J connectivity index is 1.43. The van der Waals surface area contributed by atoms with Crippen LogP contribution in [0.1, 0.15) is 35.7 Å². The van der Waals surface area contributed by atoms with Crippen LogP contribution in [0.4, 0.5) is 8.78 Å². The second kappa shape index (κ2) is 7.78. The number of rotatable bonds is 3. The molecule has 0 aromatic heterocycles. The molecule has 0 saturated carbocycles. The second-order valence-electron chi connectivity index (χ2n) is 7.94. The summed E-state index contributed by atoms with van der Waals surface area (Å²) >= 11 is 0. The summed E-state index contributed by atoms with van der Waals surface area (Å²) in [6.07, 6.45) is 1.69. The number of amides is 1. The van der Waals surface area contributed by atoms with Crippen molar-refractivity contribution in [2.75, 3.05) is 13.1 Å². The molecule has 1 fully saturated rings. The highest BCUT2D eigenvalue weighted by atomic mass is 19.1. The van der Waals surface area contributed by atoms with Crippen molar-refractivity contribution in [3.8, 4) is 11.1 Å². The highest BCUT2D eigenvalue weighted by molar-refractivity contribution is 5.94. The topological polar surface area (TPSA) is 20.3 Å². The van der Waals surface area contributed by atoms with Crippen LogP contribution in [0.5, 0.6) is 0 Å². The van der Waals surface area contributed by atoms with Gasteiger partial charge >= 0.3 is 0 Å². The van der Waals surface area contributed by atoms with Gasteiger partial charge in [0.1, 0.15) is 11.6 Å². The van der Waals surface area contributed by atoms with Crippen molar-refractivity contribution in [2.45, 2.75) is 25.2 Å². The van der Waals surface area contributed by atoms with Crippen molar-refractivity contribution < 1.29 is 13.6 Å². The average molecular weight is 391 g/mol. The summed E-state index contributed by atoms with van der Waals surface area (Å²) in [6.45, 7) is 3.53. The van der Waals surface area contributed by atoms with E-state index in [0.29, 0.717) is 18.7 Å². The number of halogens is 2. The quantitative estimate of drug-likeness (QED) is 0.550. The highest BCUT2D eigenvalue weighted by Gasteiger charge is 2.33. The molecule has 0 aliphatic carbocycles. The molecule has 0 N–H and O–H groups in total. The van der Waals surface area contributed by atoms with Gasteiger partial charge in [0.2, 0.25) is 0 Å². The largest absolute Gasteiger partial charge is 0.339 e. The first-order valence-electron chi connectivity index (χ1n) is 9.86. The van der Waals surface area contributed by atoms with Crippen molar-refractivity contribution in [1.82, 2.24) is 4.90 Å². The zero-order valence-corrected chi connectivity index (χ0v) is 16.4. The highest BCUT2D eigenvalue weighted by Crippen LogP contribution is 2.35. The Hall–Kier alpha value is -3.01. The maximum atomic E-state index is 13.2. The number of nitrogens with zero attached hydrogens (tertiary/aromatic N) is 1. The molecule has 3 aromatic rings. The van der Waals surface area contributed by atoms with E-state index in [-0.39, 0.29) is 23.0 Å². The maximum Gasteiger partial charge on any atom is 0.253 e. The van der Waals surface area contributed by atoms with Gasteiger partial charge in [-0.2, -0.15) is 0 Å². The number of carbonyl (C=O) groups is 1. The molecule has 0 radical (unpaired) electrons. The van der Waals surface area contributed by atoms with Gasteiger partial charge in [-0.05, 0) is 71.3 Å². The molecule has 0 unspecified atom stereocenters. The molecular formula is C25H23F2NO. The van der Waals surface area contributed by atoms with E-state index in [1.807, 2.05) is 41.3 Å². The van der Waals surface area contributed by atoms with Crippen molar-refractivity contribution in [2.24, 2.45) is 0 Å². The van der Waals surface area contributed by atoms with Gasteiger partial charge in [-0.1, -0.05) is 43.3 Å². The Kier molecular flexibility index (Phi) is 5.18. The fourth-order valence-corrected chi connectivity index (χ4v) is 3.97.